The molecule has 3 rings (SSSR count). The lowest BCUT2D eigenvalue weighted by molar-refractivity contribution is -0.119. The summed E-state index contributed by atoms with van der Waals surface area (Å²) in [6.45, 7) is 6.06. The molecule has 28 heavy (non-hydrogen) atoms. The van der Waals surface area contributed by atoms with Crippen LogP contribution < -0.4 is 16.6 Å². The molecule has 1 saturated carbocycles. The highest BCUT2D eigenvalue weighted by atomic mass is 32.2. The molecule has 8 heteroatoms. The first-order valence-electron chi connectivity index (χ1n) is 9.57. The molecule has 1 fully saturated rings. The number of para-hydroxylation sites is 1. The molecule has 0 spiro atoms. The first-order valence-corrected chi connectivity index (χ1v) is 10.5. The van der Waals surface area contributed by atoms with Gasteiger partial charge in [-0.1, -0.05) is 50.6 Å². The quantitative estimate of drug-likeness (QED) is 0.604. The highest BCUT2D eigenvalue weighted by Gasteiger charge is 2.32. The Balaban J connectivity index is 2.08. The SMILES string of the molecule is C[C@@H]1[C@@H](C)CCC[C@@H]1n1c(S[C@@H](C)C(=O)NC(N)=O)nc2ccccc2c1=O. The molecule has 0 bridgehead atoms. The van der Waals surface area contributed by atoms with Crippen LogP contribution in [0.4, 0.5) is 4.79 Å². The summed E-state index contributed by atoms with van der Waals surface area (Å²) in [5, 5.41) is 2.55. The molecule has 3 amide bonds. The van der Waals surface area contributed by atoms with Gasteiger partial charge in [-0.3, -0.25) is 19.5 Å². The molecule has 1 aliphatic carbocycles. The molecule has 0 radical (unpaired) electrons. The maximum absolute atomic E-state index is 13.4. The van der Waals surface area contributed by atoms with E-state index in [-0.39, 0.29) is 11.6 Å². The van der Waals surface area contributed by atoms with Gasteiger partial charge in [0.2, 0.25) is 5.91 Å². The van der Waals surface area contributed by atoms with E-state index in [1.807, 2.05) is 12.1 Å². The Labute approximate surface area is 168 Å². The third-order valence-corrected chi connectivity index (χ3v) is 6.74. The van der Waals surface area contributed by atoms with Crippen LogP contribution in [0, 0.1) is 11.8 Å². The number of thioether (sulfide) groups is 1. The molecule has 150 valence electrons. The van der Waals surface area contributed by atoms with Gasteiger partial charge < -0.3 is 5.73 Å². The Morgan fingerprint density at radius 1 is 1.29 bits per heavy atom. The Morgan fingerprint density at radius 2 is 2.00 bits per heavy atom. The fraction of sp³-hybridized carbons (Fsp3) is 0.500. The summed E-state index contributed by atoms with van der Waals surface area (Å²) < 4.78 is 1.77. The van der Waals surface area contributed by atoms with Crippen LogP contribution in [0.15, 0.2) is 34.2 Å². The average Bonchev–Trinajstić information content (AvgIpc) is 2.64. The summed E-state index contributed by atoms with van der Waals surface area (Å²) in [6.07, 6.45) is 3.10. The topological polar surface area (TPSA) is 107 Å². The van der Waals surface area contributed by atoms with Crippen LogP contribution in [0.5, 0.6) is 0 Å². The van der Waals surface area contributed by atoms with E-state index in [0.29, 0.717) is 27.9 Å². The van der Waals surface area contributed by atoms with Crippen molar-refractivity contribution in [3.8, 4) is 0 Å². The van der Waals surface area contributed by atoms with E-state index in [0.717, 1.165) is 19.3 Å². The number of hydrogen-bond acceptors (Lipinski definition) is 5. The number of urea groups is 1. The number of fused-ring (bicyclic) bond motifs is 1. The lowest BCUT2D eigenvalue weighted by Gasteiger charge is -2.36. The minimum atomic E-state index is -0.893. The third-order valence-electron chi connectivity index (χ3n) is 5.67. The van der Waals surface area contributed by atoms with E-state index >= 15 is 0 Å². The van der Waals surface area contributed by atoms with Gasteiger partial charge in [0, 0.05) is 6.04 Å². The number of carbonyl (C=O) groups excluding carboxylic acids is 2. The van der Waals surface area contributed by atoms with Gasteiger partial charge in [-0.05, 0) is 37.3 Å². The number of imide groups is 1. The van der Waals surface area contributed by atoms with E-state index in [1.54, 1.807) is 23.6 Å². The Morgan fingerprint density at radius 3 is 2.71 bits per heavy atom. The van der Waals surface area contributed by atoms with Crippen LogP contribution in [-0.2, 0) is 4.79 Å². The lowest BCUT2D eigenvalue weighted by Crippen LogP contribution is -2.40. The summed E-state index contributed by atoms with van der Waals surface area (Å²) >= 11 is 1.18. The van der Waals surface area contributed by atoms with E-state index in [4.69, 9.17) is 10.7 Å². The summed E-state index contributed by atoms with van der Waals surface area (Å²) in [5.41, 5.74) is 5.57. The number of primary amides is 1. The molecule has 1 aromatic heterocycles. The fourth-order valence-electron chi connectivity index (χ4n) is 3.85. The summed E-state index contributed by atoms with van der Waals surface area (Å²) in [5.74, 6) is 0.325. The molecular weight excluding hydrogens is 376 g/mol. The van der Waals surface area contributed by atoms with Crippen LogP contribution in [-0.4, -0.2) is 26.7 Å². The van der Waals surface area contributed by atoms with Crippen molar-refractivity contribution < 1.29 is 9.59 Å². The zero-order valence-corrected chi connectivity index (χ0v) is 17.2. The smallest absolute Gasteiger partial charge is 0.318 e. The number of amides is 3. The number of nitrogens with zero attached hydrogens (tertiary/aromatic N) is 2. The molecule has 3 N–H and O–H groups in total. The predicted molar refractivity (Wildman–Crippen MR) is 110 cm³/mol. The van der Waals surface area contributed by atoms with Crippen LogP contribution >= 0.6 is 11.8 Å². The maximum atomic E-state index is 13.4. The maximum Gasteiger partial charge on any atom is 0.318 e. The van der Waals surface area contributed by atoms with Crippen molar-refractivity contribution >= 4 is 34.6 Å². The Bertz CT molecular complexity index is 958. The van der Waals surface area contributed by atoms with Crippen LogP contribution in [0.2, 0.25) is 0 Å². The van der Waals surface area contributed by atoms with E-state index in [1.165, 1.54) is 11.8 Å². The molecule has 2 aromatic rings. The Kier molecular flexibility index (Phi) is 6.07. The van der Waals surface area contributed by atoms with Gasteiger partial charge in [-0.25, -0.2) is 9.78 Å². The summed E-state index contributed by atoms with van der Waals surface area (Å²) in [6, 6.07) is 6.39. The monoisotopic (exact) mass is 402 g/mol. The zero-order valence-electron chi connectivity index (χ0n) is 16.3. The van der Waals surface area contributed by atoms with Crippen LogP contribution in [0.25, 0.3) is 10.9 Å². The molecule has 0 aliphatic heterocycles. The van der Waals surface area contributed by atoms with Gasteiger partial charge in [0.05, 0.1) is 16.2 Å². The van der Waals surface area contributed by atoms with Gasteiger partial charge in [0.15, 0.2) is 5.16 Å². The summed E-state index contributed by atoms with van der Waals surface area (Å²) in [7, 11) is 0. The molecular formula is C20H26N4O3S. The first-order chi connectivity index (χ1) is 13.3. The number of nitrogens with two attached hydrogens (primary N) is 1. The first kappa shape index (κ1) is 20.4. The highest BCUT2D eigenvalue weighted by Crippen LogP contribution is 2.39. The number of hydrogen-bond donors (Lipinski definition) is 2. The molecule has 0 unspecified atom stereocenters. The van der Waals surface area contributed by atoms with Gasteiger partial charge in [-0.15, -0.1) is 0 Å². The van der Waals surface area contributed by atoms with Crippen molar-refractivity contribution in [2.45, 2.75) is 56.5 Å². The van der Waals surface area contributed by atoms with Crippen LogP contribution in [0.1, 0.15) is 46.1 Å². The number of benzene rings is 1. The van der Waals surface area contributed by atoms with Gasteiger partial charge in [0.25, 0.3) is 5.56 Å². The van der Waals surface area contributed by atoms with Crippen molar-refractivity contribution in [1.82, 2.24) is 14.9 Å². The van der Waals surface area contributed by atoms with Crippen molar-refractivity contribution in [1.29, 1.82) is 0 Å². The largest absolute Gasteiger partial charge is 0.351 e. The number of aromatic nitrogens is 2. The minimum Gasteiger partial charge on any atom is -0.351 e. The van der Waals surface area contributed by atoms with Crippen molar-refractivity contribution in [3.05, 3.63) is 34.6 Å². The molecule has 0 saturated heterocycles. The van der Waals surface area contributed by atoms with Gasteiger partial charge in [-0.2, -0.15) is 0 Å². The molecule has 7 nitrogen and oxygen atoms in total. The van der Waals surface area contributed by atoms with Gasteiger partial charge >= 0.3 is 6.03 Å². The minimum absolute atomic E-state index is 0.0299. The standard InChI is InChI=1S/C20H26N4O3S/c1-11-7-6-10-16(12(11)2)24-18(26)14-8-4-5-9-15(14)22-20(24)28-13(3)17(25)23-19(21)27/h4-5,8-9,11-13,16H,6-7,10H2,1-3H3,(H3,21,23,25,27)/t11-,12+,13-,16-/m0/s1. The van der Waals surface area contributed by atoms with Gasteiger partial charge in [0.1, 0.15) is 0 Å². The molecule has 1 heterocycles. The second-order valence-corrected chi connectivity index (χ2v) is 8.84. The fourth-order valence-corrected chi connectivity index (χ4v) is 4.82. The predicted octanol–water partition coefficient (Wildman–Crippen LogP) is 3.07. The van der Waals surface area contributed by atoms with E-state index < -0.39 is 17.2 Å². The molecule has 4 atom stereocenters. The van der Waals surface area contributed by atoms with Crippen molar-refractivity contribution in [3.63, 3.8) is 0 Å². The van der Waals surface area contributed by atoms with Crippen LogP contribution in [0.3, 0.4) is 0 Å². The number of nitrogens with one attached hydrogen (secondary N) is 1. The normalized spacial score (nSPS) is 23.3. The second kappa shape index (κ2) is 8.34. The van der Waals surface area contributed by atoms with Crippen molar-refractivity contribution in [2.24, 2.45) is 17.6 Å². The number of carbonyl (C=O) groups is 2. The van der Waals surface area contributed by atoms with E-state index in [9.17, 15) is 14.4 Å². The second-order valence-electron chi connectivity index (χ2n) is 7.53. The van der Waals surface area contributed by atoms with E-state index in [2.05, 4.69) is 19.2 Å². The number of rotatable bonds is 4. The summed E-state index contributed by atoms with van der Waals surface area (Å²) in [4.78, 5) is 41.2. The van der Waals surface area contributed by atoms with Crippen molar-refractivity contribution in [2.75, 3.05) is 0 Å². The molecule has 1 aromatic carbocycles. The Hall–Kier alpha value is -2.35. The average molecular weight is 403 g/mol. The molecule has 1 aliphatic rings. The lowest BCUT2D eigenvalue weighted by atomic mass is 9.78. The third kappa shape index (κ3) is 4.06. The highest BCUT2D eigenvalue weighted by molar-refractivity contribution is 8.00. The zero-order chi connectivity index (χ0) is 20.4.